The van der Waals surface area contributed by atoms with Gasteiger partial charge in [0.2, 0.25) is 0 Å². The number of nitrogens with two attached hydrogens (primary N) is 1. The molecule has 3 unspecified atom stereocenters. The van der Waals surface area contributed by atoms with Crippen LogP contribution < -0.4 is 5.73 Å². The van der Waals surface area contributed by atoms with E-state index in [1.807, 2.05) is 0 Å². The molecule has 12 heavy (non-hydrogen) atoms. The molecule has 0 aromatic heterocycles. The number of hydrogen-bond donors (Lipinski definition) is 1. The van der Waals surface area contributed by atoms with Crippen molar-refractivity contribution in [2.24, 2.45) is 11.7 Å². The molecule has 1 rings (SSSR count). The fourth-order valence-corrected chi connectivity index (χ4v) is 1.93. The molecule has 0 radical (unpaired) electrons. The van der Waals surface area contributed by atoms with E-state index in [4.69, 9.17) is 5.73 Å². The molecule has 1 fully saturated rings. The van der Waals surface area contributed by atoms with Gasteiger partial charge in [0.1, 0.15) is 0 Å². The predicted molar refractivity (Wildman–Crippen MR) is 53.1 cm³/mol. The van der Waals surface area contributed by atoms with E-state index in [1.165, 1.54) is 25.9 Å². The molecule has 2 nitrogen and oxygen atoms in total. The smallest absolute Gasteiger partial charge is 0.0216 e. The number of piperidine rings is 1. The summed E-state index contributed by atoms with van der Waals surface area (Å²) in [7, 11) is 0. The first kappa shape index (κ1) is 10.0. The fraction of sp³-hybridized carbons (Fsp3) is 1.00. The maximum Gasteiger partial charge on any atom is 0.0216 e. The zero-order chi connectivity index (χ0) is 9.14. The molecular weight excluding hydrogens is 148 g/mol. The van der Waals surface area contributed by atoms with E-state index in [1.54, 1.807) is 0 Å². The molecule has 0 aromatic carbocycles. The zero-order valence-electron chi connectivity index (χ0n) is 8.59. The van der Waals surface area contributed by atoms with Crippen LogP contribution in [0.25, 0.3) is 0 Å². The van der Waals surface area contributed by atoms with Crippen molar-refractivity contribution in [2.75, 3.05) is 13.1 Å². The van der Waals surface area contributed by atoms with E-state index in [0.29, 0.717) is 12.1 Å². The minimum atomic E-state index is 0.301. The molecular formula is C10H22N2. The first-order chi connectivity index (χ1) is 5.61. The van der Waals surface area contributed by atoms with Crippen LogP contribution in [0, 0.1) is 5.92 Å². The molecule has 0 spiro atoms. The van der Waals surface area contributed by atoms with Gasteiger partial charge in [0, 0.05) is 18.6 Å². The average molecular weight is 170 g/mol. The standard InChI is InChI=1S/C10H22N2/c1-8-5-4-6-12(7-8)10(3)9(2)11/h8-10H,4-7,11H2,1-3H3. The van der Waals surface area contributed by atoms with Crippen molar-refractivity contribution in [1.29, 1.82) is 0 Å². The predicted octanol–water partition coefficient (Wildman–Crippen LogP) is 1.45. The SMILES string of the molecule is CC1CCCN(C(C)C(C)N)C1. The van der Waals surface area contributed by atoms with Gasteiger partial charge in [0.05, 0.1) is 0 Å². The quantitative estimate of drug-likeness (QED) is 0.679. The lowest BCUT2D eigenvalue weighted by atomic mass is 9.97. The Hall–Kier alpha value is -0.0800. The minimum absolute atomic E-state index is 0.301. The Morgan fingerprint density at radius 3 is 2.58 bits per heavy atom. The number of hydrogen-bond acceptors (Lipinski definition) is 2. The molecule has 0 aliphatic carbocycles. The Bertz CT molecular complexity index is 134. The van der Waals surface area contributed by atoms with Gasteiger partial charge in [-0.05, 0) is 39.2 Å². The molecule has 1 aliphatic rings. The molecule has 1 aliphatic heterocycles. The number of likely N-dealkylation sites (tertiary alicyclic amines) is 1. The highest BCUT2D eigenvalue weighted by Crippen LogP contribution is 2.18. The highest BCUT2D eigenvalue weighted by Gasteiger charge is 2.22. The lowest BCUT2D eigenvalue weighted by molar-refractivity contribution is 0.126. The van der Waals surface area contributed by atoms with Crippen LogP contribution >= 0.6 is 0 Å². The lowest BCUT2D eigenvalue weighted by Gasteiger charge is -2.37. The van der Waals surface area contributed by atoms with Gasteiger partial charge in [-0.25, -0.2) is 0 Å². The van der Waals surface area contributed by atoms with Gasteiger partial charge < -0.3 is 5.73 Å². The molecule has 72 valence electrons. The van der Waals surface area contributed by atoms with Crippen LogP contribution in [0.4, 0.5) is 0 Å². The van der Waals surface area contributed by atoms with Crippen molar-refractivity contribution in [3.63, 3.8) is 0 Å². The monoisotopic (exact) mass is 170 g/mol. The van der Waals surface area contributed by atoms with E-state index in [0.717, 1.165) is 5.92 Å². The van der Waals surface area contributed by atoms with Crippen LogP contribution in [-0.2, 0) is 0 Å². The second kappa shape index (κ2) is 4.24. The van der Waals surface area contributed by atoms with Crippen molar-refractivity contribution >= 4 is 0 Å². The van der Waals surface area contributed by atoms with Crippen molar-refractivity contribution in [1.82, 2.24) is 4.90 Å². The Balaban J connectivity index is 2.40. The Labute approximate surface area is 76.1 Å². The van der Waals surface area contributed by atoms with E-state index >= 15 is 0 Å². The largest absolute Gasteiger partial charge is 0.327 e. The molecule has 0 aromatic rings. The summed E-state index contributed by atoms with van der Waals surface area (Å²) in [6.45, 7) is 9.16. The van der Waals surface area contributed by atoms with Gasteiger partial charge in [-0.1, -0.05) is 6.92 Å². The van der Waals surface area contributed by atoms with Gasteiger partial charge in [-0.3, -0.25) is 4.90 Å². The van der Waals surface area contributed by atoms with E-state index in [2.05, 4.69) is 25.7 Å². The van der Waals surface area contributed by atoms with E-state index in [9.17, 15) is 0 Å². The third-order valence-corrected chi connectivity index (χ3v) is 3.03. The third kappa shape index (κ3) is 2.46. The maximum absolute atomic E-state index is 5.87. The molecule has 0 amide bonds. The molecule has 0 bridgehead atoms. The molecule has 1 saturated heterocycles. The van der Waals surface area contributed by atoms with E-state index < -0.39 is 0 Å². The van der Waals surface area contributed by atoms with Gasteiger partial charge >= 0.3 is 0 Å². The summed E-state index contributed by atoms with van der Waals surface area (Å²) in [6, 6.07) is 0.850. The van der Waals surface area contributed by atoms with Crippen LogP contribution in [0.3, 0.4) is 0 Å². The molecule has 3 atom stereocenters. The maximum atomic E-state index is 5.87. The average Bonchev–Trinajstić information content (AvgIpc) is 2.03. The van der Waals surface area contributed by atoms with Crippen LogP contribution in [-0.4, -0.2) is 30.1 Å². The van der Waals surface area contributed by atoms with Crippen LogP contribution in [0.2, 0.25) is 0 Å². The van der Waals surface area contributed by atoms with Crippen LogP contribution in [0.1, 0.15) is 33.6 Å². The molecule has 1 heterocycles. The van der Waals surface area contributed by atoms with Gasteiger partial charge in [0.25, 0.3) is 0 Å². The van der Waals surface area contributed by atoms with Crippen LogP contribution in [0.5, 0.6) is 0 Å². The van der Waals surface area contributed by atoms with Crippen molar-refractivity contribution in [3.05, 3.63) is 0 Å². The van der Waals surface area contributed by atoms with Crippen molar-refractivity contribution < 1.29 is 0 Å². The summed E-state index contributed by atoms with van der Waals surface area (Å²) in [5, 5.41) is 0. The Kier molecular flexibility index (Phi) is 3.53. The lowest BCUT2D eigenvalue weighted by Crippen LogP contribution is -2.48. The molecule has 2 heteroatoms. The van der Waals surface area contributed by atoms with Crippen molar-refractivity contribution in [2.45, 2.75) is 45.7 Å². The first-order valence-corrected chi connectivity index (χ1v) is 5.11. The van der Waals surface area contributed by atoms with Gasteiger partial charge in [-0.2, -0.15) is 0 Å². The number of rotatable bonds is 2. The highest BCUT2D eigenvalue weighted by atomic mass is 15.2. The Morgan fingerprint density at radius 1 is 1.42 bits per heavy atom. The highest BCUT2D eigenvalue weighted by molar-refractivity contribution is 4.79. The van der Waals surface area contributed by atoms with Gasteiger partial charge in [0.15, 0.2) is 0 Å². The van der Waals surface area contributed by atoms with Gasteiger partial charge in [-0.15, -0.1) is 0 Å². The van der Waals surface area contributed by atoms with E-state index in [-0.39, 0.29) is 0 Å². The third-order valence-electron chi connectivity index (χ3n) is 3.03. The summed E-state index contributed by atoms with van der Waals surface area (Å²) in [6.07, 6.45) is 2.74. The van der Waals surface area contributed by atoms with Crippen molar-refractivity contribution in [3.8, 4) is 0 Å². The Morgan fingerprint density at radius 2 is 2.08 bits per heavy atom. The summed E-state index contributed by atoms with van der Waals surface area (Å²) in [5.41, 5.74) is 5.87. The summed E-state index contributed by atoms with van der Waals surface area (Å²) < 4.78 is 0. The second-order valence-corrected chi connectivity index (χ2v) is 4.34. The summed E-state index contributed by atoms with van der Waals surface area (Å²) in [4.78, 5) is 2.53. The molecule has 2 N–H and O–H groups in total. The normalized spacial score (nSPS) is 31.5. The fourth-order valence-electron chi connectivity index (χ4n) is 1.93. The topological polar surface area (TPSA) is 29.3 Å². The first-order valence-electron chi connectivity index (χ1n) is 5.11. The minimum Gasteiger partial charge on any atom is -0.327 e. The molecule has 0 saturated carbocycles. The summed E-state index contributed by atoms with van der Waals surface area (Å²) >= 11 is 0. The summed E-state index contributed by atoms with van der Waals surface area (Å²) in [5.74, 6) is 0.861. The zero-order valence-corrected chi connectivity index (χ0v) is 8.59. The number of nitrogens with zero attached hydrogens (tertiary/aromatic N) is 1. The van der Waals surface area contributed by atoms with Crippen LogP contribution in [0.15, 0.2) is 0 Å². The second-order valence-electron chi connectivity index (χ2n) is 4.34.